The van der Waals surface area contributed by atoms with E-state index in [2.05, 4.69) is 102 Å². The summed E-state index contributed by atoms with van der Waals surface area (Å²) in [7, 11) is 0. The third-order valence-electron chi connectivity index (χ3n) is 10.2. The van der Waals surface area contributed by atoms with Crippen molar-refractivity contribution in [3.63, 3.8) is 0 Å². The molecule has 0 aliphatic heterocycles. The van der Waals surface area contributed by atoms with Crippen LogP contribution in [0.3, 0.4) is 0 Å². The zero-order valence-corrected chi connectivity index (χ0v) is 27.9. The van der Waals surface area contributed by atoms with E-state index in [0.29, 0.717) is 17.5 Å². The summed E-state index contributed by atoms with van der Waals surface area (Å²) < 4.78 is 9.19. The fourth-order valence-corrected chi connectivity index (χ4v) is 7.75. The topological polar surface area (TPSA) is 56.7 Å². The zero-order valence-electron chi connectivity index (χ0n) is 27.9. The average molecular weight is 665 g/mol. The standard InChI is InChI=1S/C47H28N4O/c1-3-13-29(14-4-1)45-48-46(30-15-5-2-6-16-30)50-47(49-45)43-39(24-23-36-35-21-11-12-22-42(35)52-44(36)43)51-40-27-33-19-9-7-17-31(33)25-37(40)38-26-32-18-8-10-20-34(32)28-41(38)51/h1-28H. The van der Waals surface area contributed by atoms with Gasteiger partial charge in [-0.25, -0.2) is 15.0 Å². The molecule has 0 aliphatic rings. The van der Waals surface area contributed by atoms with Gasteiger partial charge in [-0.05, 0) is 64.0 Å². The number of furan rings is 1. The number of aromatic nitrogens is 4. The van der Waals surface area contributed by atoms with Gasteiger partial charge in [0.05, 0.1) is 22.3 Å². The minimum Gasteiger partial charge on any atom is -0.455 e. The van der Waals surface area contributed by atoms with Crippen molar-refractivity contribution >= 4 is 65.3 Å². The molecule has 5 nitrogen and oxygen atoms in total. The minimum absolute atomic E-state index is 0.545. The van der Waals surface area contributed by atoms with Gasteiger partial charge in [-0.15, -0.1) is 0 Å². The molecule has 52 heavy (non-hydrogen) atoms. The van der Waals surface area contributed by atoms with Gasteiger partial charge in [-0.3, -0.25) is 0 Å². The highest BCUT2D eigenvalue weighted by atomic mass is 16.3. The number of benzene rings is 8. The van der Waals surface area contributed by atoms with Crippen molar-refractivity contribution < 1.29 is 4.42 Å². The summed E-state index contributed by atoms with van der Waals surface area (Å²) in [5, 5.41) is 9.17. The summed E-state index contributed by atoms with van der Waals surface area (Å²) in [6.45, 7) is 0. The number of para-hydroxylation sites is 1. The van der Waals surface area contributed by atoms with Crippen LogP contribution >= 0.6 is 0 Å². The summed E-state index contributed by atoms with van der Waals surface area (Å²) >= 11 is 0. The summed E-state index contributed by atoms with van der Waals surface area (Å²) in [6.07, 6.45) is 0. The lowest BCUT2D eigenvalue weighted by Crippen LogP contribution is -2.04. The third kappa shape index (κ3) is 4.39. The molecule has 0 bridgehead atoms. The molecular formula is C47H28N4O. The van der Waals surface area contributed by atoms with Crippen LogP contribution in [0.1, 0.15) is 0 Å². The Kier molecular flexibility index (Phi) is 6.18. The molecule has 0 saturated heterocycles. The SMILES string of the molecule is c1ccc(-c2nc(-c3ccccc3)nc(-c3c(-n4c5cc6ccccc6cc5c5cc6ccccc6cc54)ccc4c3oc3ccccc34)n2)cc1. The van der Waals surface area contributed by atoms with Crippen LogP contribution < -0.4 is 0 Å². The molecule has 0 saturated carbocycles. The van der Waals surface area contributed by atoms with Crippen LogP contribution in [0, 0.1) is 0 Å². The third-order valence-corrected chi connectivity index (χ3v) is 10.2. The van der Waals surface area contributed by atoms with E-state index in [9.17, 15) is 0 Å². The molecule has 8 aromatic carbocycles. The van der Waals surface area contributed by atoms with Crippen molar-refractivity contribution in [2.75, 3.05) is 0 Å². The maximum Gasteiger partial charge on any atom is 0.170 e. The molecule has 3 heterocycles. The van der Waals surface area contributed by atoms with Gasteiger partial charge in [-0.2, -0.15) is 0 Å². The average Bonchev–Trinajstić information content (AvgIpc) is 3.74. The second-order valence-electron chi connectivity index (χ2n) is 13.2. The molecule has 0 radical (unpaired) electrons. The summed E-state index contributed by atoms with van der Waals surface area (Å²) in [4.78, 5) is 15.5. The molecule has 0 aliphatic carbocycles. The molecule has 0 unspecified atom stereocenters. The van der Waals surface area contributed by atoms with E-state index in [4.69, 9.17) is 19.4 Å². The fourth-order valence-electron chi connectivity index (χ4n) is 7.75. The van der Waals surface area contributed by atoms with Crippen LogP contribution in [0.4, 0.5) is 0 Å². The Morgan fingerprint density at radius 2 is 0.865 bits per heavy atom. The number of nitrogens with zero attached hydrogens (tertiary/aromatic N) is 4. The molecule has 11 aromatic rings. The molecule has 242 valence electrons. The van der Waals surface area contributed by atoms with E-state index >= 15 is 0 Å². The highest BCUT2D eigenvalue weighted by Gasteiger charge is 2.25. The Labute approximate surface area is 298 Å². The van der Waals surface area contributed by atoms with E-state index in [-0.39, 0.29) is 0 Å². The van der Waals surface area contributed by atoms with Crippen molar-refractivity contribution in [1.82, 2.24) is 19.5 Å². The van der Waals surface area contributed by atoms with Crippen molar-refractivity contribution in [1.29, 1.82) is 0 Å². The molecule has 0 spiro atoms. The Morgan fingerprint density at radius 3 is 1.44 bits per heavy atom. The van der Waals surface area contributed by atoms with E-state index in [1.807, 2.05) is 72.8 Å². The first-order valence-electron chi connectivity index (χ1n) is 17.4. The predicted molar refractivity (Wildman–Crippen MR) is 213 cm³/mol. The maximum atomic E-state index is 6.82. The number of rotatable bonds is 4. The number of hydrogen-bond donors (Lipinski definition) is 0. The Balaban J connectivity index is 1.32. The van der Waals surface area contributed by atoms with E-state index in [0.717, 1.165) is 55.3 Å². The molecular weight excluding hydrogens is 637 g/mol. The van der Waals surface area contributed by atoms with Gasteiger partial charge < -0.3 is 8.98 Å². The largest absolute Gasteiger partial charge is 0.455 e. The van der Waals surface area contributed by atoms with E-state index in [1.165, 1.54) is 32.3 Å². The minimum atomic E-state index is 0.545. The van der Waals surface area contributed by atoms with Gasteiger partial charge in [0.15, 0.2) is 17.5 Å². The van der Waals surface area contributed by atoms with Gasteiger partial charge >= 0.3 is 0 Å². The molecule has 0 fully saturated rings. The smallest absolute Gasteiger partial charge is 0.170 e. The quantitative estimate of drug-likeness (QED) is 0.188. The van der Waals surface area contributed by atoms with Crippen LogP contribution in [-0.2, 0) is 0 Å². The normalized spacial score (nSPS) is 11.8. The first kappa shape index (κ1) is 28.7. The first-order valence-corrected chi connectivity index (χ1v) is 17.4. The van der Waals surface area contributed by atoms with Crippen LogP contribution in [-0.4, -0.2) is 19.5 Å². The highest BCUT2D eigenvalue weighted by Crippen LogP contribution is 2.43. The predicted octanol–water partition coefficient (Wildman–Crippen LogP) is 12.2. The summed E-state index contributed by atoms with van der Waals surface area (Å²) in [6, 6.07) is 59.2. The monoisotopic (exact) mass is 664 g/mol. The first-order chi connectivity index (χ1) is 25.8. The lowest BCUT2D eigenvalue weighted by Gasteiger charge is -2.15. The Hall–Kier alpha value is -7.11. The van der Waals surface area contributed by atoms with Crippen molar-refractivity contribution in [3.05, 3.63) is 170 Å². The Bertz CT molecular complexity index is 3030. The van der Waals surface area contributed by atoms with Gasteiger partial charge in [0.2, 0.25) is 0 Å². The lowest BCUT2D eigenvalue weighted by molar-refractivity contribution is 0.669. The van der Waals surface area contributed by atoms with Crippen molar-refractivity contribution in [2.45, 2.75) is 0 Å². The van der Waals surface area contributed by atoms with Crippen LogP contribution in [0.5, 0.6) is 0 Å². The molecule has 11 rings (SSSR count). The molecule has 0 N–H and O–H groups in total. The second-order valence-corrected chi connectivity index (χ2v) is 13.2. The highest BCUT2D eigenvalue weighted by molar-refractivity contribution is 6.18. The molecule has 3 aromatic heterocycles. The number of fused-ring (bicyclic) bond motifs is 8. The number of hydrogen-bond acceptors (Lipinski definition) is 4. The lowest BCUT2D eigenvalue weighted by atomic mass is 10.0. The Morgan fingerprint density at radius 1 is 0.385 bits per heavy atom. The molecule has 5 heteroatoms. The molecule has 0 atom stereocenters. The van der Waals surface area contributed by atoms with Gasteiger partial charge in [0, 0.05) is 32.7 Å². The molecule has 0 amide bonds. The van der Waals surface area contributed by atoms with E-state index < -0.39 is 0 Å². The summed E-state index contributed by atoms with van der Waals surface area (Å²) in [5.41, 5.74) is 7.32. The van der Waals surface area contributed by atoms with Crippen LogP contribution in [0.15, 0.2) is 174 Å². The van der Waals surface area contributed by atoms with Crippen LogP contribution in [0.2, 0.25) is 0 Å². The van der Waals surface area contributed by atoms with Crippen molar-refractivity contribution in [3.8, 4) is 39.9 Å². The van der Waals surface area contributed by atoms with Crippen LogP contribution in [0.25, 0.3) is 105 Å². The van der Waals surface area contributed by atoms with Gasteiger partial charge in [0.1, 0.15) is 11.2 Å². The second kappa shape index (κ2) is 11.2. The van der Waals surface area contributed by atoms with E-state index in [1.54, 1.807) is 0 Å². The fraction of sp³-hybridized carbons (Fsp3) is 0. The van der Waals surface area contributed by atoms with Gasteiger partial charge in [-0.1, -0.05) is 127 Å². The van der Waals surface area contributed by atoms with Gasteiger partial charge in [0.25, 0.3) is 0 Å². The maximum absolute atomic E-state index is 6.82. The zero-order chi connectivity index (χ0) is 34.2. The van der Waals surface area contributed by atoms with Crippen molar-refractivity contribution in [2.24, 2.45) is 0 Å². The summed E-state index contributed by atoms with van der Waals surface area (Å²) in [5.74, 6) is 1.74.